The maximum absolute atomic E-state index is 8.85. The first-order valence-electron chi connectivity index (χ1n) is 5.15. The van der Waals surface area contributed by atoms with E-state index in [1.54, 1.807) is 0 Å². The van der Waals surface area contributed by atoms with Crippen molar-refractivity contribution in [3.05, 3.63) is 0 Å². The highest BCUT2D eigenvalue weighted by molar-refractivity contribution is 7.94. The molecule has 0 fully saturated rings. The van der Waals surface area contributed by atoms with E-state index in [4.69, 9.17) is 4.55 Å². The summed E-state index contributed by atoms with van der Waals surface area (Å²) in [5.41, 5.74) is 0. The van der Waals surface area contributed by atoms with Gasteiger partial charge in [-0.2, -0.15) is 0 Å². The van der Waals surface area contributed by atoms with Gasteiger partial charge in [-0.3, -0.25) is 0 Å². The molecule has 0 saturated heterocycles. The van der Waals surface area contributed by atoms with Crippen LogP contribution < -0.4 is 0 Å². The Morgan fingerprint density at radius 1 is 1.08 bits per heavy atom. The normalized spacial score (nSPS) is 13.2. The molecular weight excluding hydrogens is 168 g/mol. The van der Waals surface area contributed by atoms with Gasteiger partial charge >= 0.3 is 0 Å². The van der Waals surface area contributed by atoms with Crippen molar-refractivity contribution < 1.29 is 4.55 Å². The smallest absolute Gasteiger partial charge is 0.0306 e. The molecule has 0 aliphatic rings. The van der Waals surface area contributed by atoms with E-state index in [0.717, 1.165) is 18.5 Å². The van der Waals surface area contributed by atoms with Crippen LogP contribution in [-0.2, 0) is 0 Å². The summed E-state index contributed by atoms with van der Waals surface area (Å²) in [6.45, 7) is 4.37. The van der Waals surface area contributed by atoms with Crippen molar-refractivity contribution in [1.29, 1.82) is 0 Å². The standard InChI is InChI=1S/C10H22OS/c1-3-5-6-7-8-9-10(4-2)12-11/h10-11H,3-9H2,1-2H3. The van der Waals surface area contributed by atoms with E-state index in [1.165, 1.54) is 38.5 Å². The van der Waals surface area contributed by atoms with Crippen LogP contribution in [0.1, 0.15) is 58.8 Å². The average Bonchev–Trinajstić information content (AvgIpc) is 2.11. The molecular formula is C10H22OS. The first-order valence-corrected chi connectivity index (χ1v) is 5.99. The minimum atomic E-state index is 0.478. The van der Waals surface area contributed by atoms with Crippen LogP contribution in [0, 0.1) is 0 Å². The SMILES string of the molecule is CCCCCCCC(CC)SO. The molecule has 0 rings (SSSR count). The third-order valence-corrected chi connectivity index (χ3v) is 3.10. The second-order valence-electron chi connectivity index (χ2n) is 3.34. The molecule has 12 heavy (non-hydrogen) atoms. The van der Waals surface area contributed by atoms with Crippen LogP contribution in [0.25, 0.3) is 0 Å². The Morgan fingerprint density at radius 3 is 2.25 bits per heavy atom. The van der Waals surface area contributed by atoms with Gasteiger partial charge in [0.15, 0.2) is 0 Å². The third kappa shape index (κ3) is 6.99. The monoisotopic (exact) mass is 190 g/mol. The van der Waals surface area contributed by atoms with Crippen LogP contribution in [0.4, 0.5) is 0 Å². The van der Waals surface area contributed by atoms with E-state index in [-0.39, 0.29) is 0 Å². The Hall–Kier alpha value is 0.310. The third-order valence-electron chi connectivity index (χ3n) is 2.23. The lowest BCUT2D eigenvalue weighted by Crippen LogP contribution is -1.99. The second-order valence-corrected chi connectivity index (χ2v) is 4.22. The highest BCUT2D eigenvalue weighted by Crippen LogP contribution is 2.18. The predicted octanol–water partition coefficient (Wildman–Crippen LogP) is 4.33. The number of hydrogen-bond acceptors (Lipinski definition) is 2. The molecule has 74 valence electrons. The Morgan fingerprint density at radius 2 is 1.75 bits per heavy atom. The van der Waals surface area contributed by atoms with E-state index >= 15 is 0 Å². The lowest BCUT2D eigenvalue weighted by atomic mass is 10.1. The average molecular weight is 190 g/mol. The fourth-order valence-electron chi connectivity index (χ4n) is 1.31. The van der Waals surface area contributed by atoms with E-state index in [9.17, 15) is 0 Å². The summed E-state index contributed by atoms with van der Waals surface area (Å²) in [7, 11) is 0. The minimum Gasteiger partial charge on any atom is -0.330 e. The van der Waals surface area contributed by atoms with E-state index < -0.39 is 0 Å². The molecule has 0 radical (unpaired) electrons. The fourth-order valence-corrected chi connectivity index (χ4v) is 1.73. The molecule has 0 saturated carbocycles. The summed E-state index contributed by atoms with van der Waals surface area (Å²) in [6.07, 6.45) is 8.94. The van der Waals surface area contributed by atoms with Gasteiger partial charge in [0.25, 0.3) is 0 Å². The minimum absolute atomic E-state index is 0.478. The zero-order valence-corrected chi connectivity index (χ0v) is 9.20. The summed E-state index contributed by atoms with van der Waals surface area (Å²) in [5.74, 6) is 0. The van der Waals surface area contributed by atoms with Crippen LogP contribution in [0.3, 0.4) is 0 Å². The van der Waals surface area contributed by atoms with Crippen LogP contribution in [-0.4, -0.2) is 9.80 Å². The maximum Gasteiger partial charge on any atom is 0.0306 e. The maximum atomic E-state index is 8.85. The lowest BCUT2D eigenvalue weighted by molar-refractivity contribution is 0.573. The summed E-state index contributed by atoms with van der Waals surface area (Å²) >= 11 is 1.03. The molecule has 1 N–H and O–H groups in total. The quantitative estimate of drug-likeness (QED) is 0.454. The van der Waals surface area contributed by atoms with Gasteiger partial charge in [-0.1, -0.05) is 46.0 Å². The number of hydrogen-bond donors (Lipinski definition) is 1. The molecule has 1 nitrogen and oxygen atoms in total. The van der Waals surface area contributed by atoms with Crippen molar-refractivity contribution in [1.82, 2.24) is 0 Å². The Kier molecular flexibility index (Phi) is 9.64. The van der Waals surface area contributed by atoms with Crippen molar-refractivity contribution >= 4 is 12.0 Å². The van der Waals surface area contributed by atoms with Crippen molar-refractivity contribution in [2.24, 2.45) is 0 Å². The number of rotatable bonds is 8. The molecule has 0 heterocycles. The summed E-state index contributed by atoms with van der Waals surface area (Å²) in [4.78, 5) is 0. The van der Waals surface area contributed by atoms with E-state index in [0.29, 0.717) is 5.25 Å². The highest BCUT2D eigenvalue weighted by Gasteiger charge is 2.04. The molecule has 2 heteroatoms. The lowest BCUT2D eigenvalue weighted by Gasteiger charge is -2.08. The van der Waals surface area contributed by atoms with Gasteiger partial charge in [0.1, 0.15) is 0 Å². The van der Waals surface area contributed by atoms with Crippen molar-refractivity contribution in [2.45, 2.75) is 64.0 Å². The molecule has 0 aromatic heterocycles. The zero-order valence-electron chi connectivity index (χ0n) is 8.38. The topological polar surface area (TPSA) is 20.2 Å². The van der Waals surface area contributed by atoms with E-state index in [2.05, 4.69) is 13.8 Å². The van der Waals surface area contributed by atoms with Gasteiger partial charge in [0.05, 0.1) is 0 Å². The highest BCUT2D eigenvalue weighted by atomic mass is 32.2. The summed E-state index contributed by atoms with van der Waals surface area (Å²) in [5, 5.41) is 0.478. The molecule has 0 aromatic rings. The van der Waals surface area contributed by atoms with Gasteiger partial charge in [-0.05, 0) is 24.9 Å². The largest absolute Gasteiger partial charge is 0.330 e. The van der Waals surface area contributed by atoms with E-state index in [1.807, 2.05) is 0 Å². The van der Waals surface area contributed by atoms with Crippen molar-refractivity contribution in [3.8, 4) is 0 Å². The van der Waals surface area contributed by atoms with Crippen molar-refractivity contribution in [3.63, 3.8) is 0 Å². The summed E-state index contributed by atoms with van der Waals surface area (Å²) in [6, 6.07) is 0. The Balaban J connectivity index is 3.06. The van der Waals surface area contributed by atoms with Crippen LogP contribution in [0.5, 0.6) is 0 Å². The van der Waals surface area contributed by atoms with Crippen LogP contribution in [0.2, 0.25) is 0 Å². The Labute approximate surface area is 81.2 Å². The first-order chi connectivity index (χ1) is 5.85. The van der Waals surface area contributed by atoms with Gasteiger partial charge in [-0.25, -0.2) is 0 Å². The predicted molar refractivity (Wildman–Crippen MR) is 57.7 cm³/mol. The van der Waals surface area contributed by atoms with Gasteiger partial charge in [0, 0.05) is 5.25 Å². The summed E-state index contributed by atoms with van der Waals surface area (Å²) < 4.78 is 8.85. The van der Waals surface area contributed by atoms with Crippen LogP contribution in [0.15, 0.2) is 0 Å². The zero-order chi connectivity index (χ0) is 9.23. The molecule has 0 bridgehead atoms. The Bertz CT molecular complexity index is 81.9. The molecule has 0 aromatic carbocycles. The molecule has 1 atom stereocenters. The second kappa shape index (κ2) is 9.40. The molecule has 0 amide bonds. The molecule has 0 aliphatic heterocycles. The molecule has 0 aliphatic carbocycles. The van der Waals surface area contributed by atoms with Gasteiger partial charge in [0.2, 0.25) is 0 Å². The van der Waals surface area contributed by atoms with Crippen molar-refractivity contribution in [2.75, 3.05) is 0 Å². The van der Waals surface area contributed by atoms with Crippen LogP contribution >= 0.6 is 12.0 Å². The van der Waals surface area contributed by atoms with Gasteiger partial charge in [-0.15, -0.1) is 0 Å². The molecule has 0 spiro atoms. The number of unbranched alkanes of at least 4 members (excludes halogenated alkanes) is 4. The fraction of sp³-hybridized carbons (Fsp3) is 1.00. The van der Waals surface area contributed by atoms with Gasteiger partial charge < -0.3 is 4.55 Å². The first kappa shape index (κ1) is 12.3. The molecule has 1 unspecified atom stereocenters.